The number of hydrogen-bond acceptors (Lipinski definition) is 1. The highest BCUT2D eigenvalue weighted by Crippen LogP contribution is 2.36. The molecule has 3 heteroatoms. The van der Waals surface area contributed by atoms with Gasteiger partial charge in [0, 0.05) is 12.2 Å². The van der Waals surface area contributed by atoms with E-state index in [-0.39, 0.29) is 10.8 Å². The molecule has 1 aromatic carbocycles. The van der Waals surface area contributed by atoms with Crippen molar-refractivity contribution in [3.63, 3.8) is 0 Å². The van der Waals surface area contributed by atoms with Crippen molar-refractivity contribution in [1.29, 1.82) is 0 Å². The lowest BCUT2D eigenvalue weighted by molar-refractivity contribution is 0.811. The third-order valence-corrected chi connectivity index (χ3v) is 3.14. The van der Waals surface area contributed by atoms with Gasteiger partial charge in [-0.15, -0.1) is 23.2 Å². The van der Waals surface area contributed by atoms with Crippen molar-refractivity contribution in [1.82, 2.24) is 0 Å². The van der Waals surface area contributed by atoms with Crippen molar-refractivity contribution in [3.05, 3.63) is 29.8 Å². The van der Waals surface area contributed by atoms with Crippen LogP contribution in [0.25, 0.3) is 0 Å². The Morgan fingerprint density at radius 1 is 1.25 bits per heavy atom. The molecule has 0 bridgehead atoms. The van der Waals surface area contributed by atoms with E-state index in [9.17, 15) is 0 Å². The highest BCUT2D eigenvalue weighted by atomic mass is 35.5. The Hall–Kier alpha value is -0.400. The second kappa shape index (κ2) is 3.15. The van der Waals surface area contributed by atoms with Crippen LogP contribution in [0.1, 0.15) is 10.9 Å². The summed E-state index contributed by atoms with van der Waals surface area (Å²) < 4.78 is 0. The first-order chi connectivity index (χ1) is 5.79. The maximum absolute atomic E-state index is 6.13. The van der Waals surface area contributed by atoms with Crippen LogP contribution in [0.5, 0.6) is 0 Å². The molecule has 2 rings (SSSR count). The van der Waals surface area contributed by atoms with E-state index in [2.05, 4.69) is 5.32 Å². The molecule has 0 saturated heterocycles. The molecule has 0 saturated carbocycles. The molecule has 0 fully saturated rings. The largest absolute Gasteiger partial charge is 0.383 e. The van der Waals surface area contributed by atoms with Gasteiger partial charge in [-0.25, -0.2) is 0 Å². The maximum atomic E-state index is 6.13. The number of nitrogens with one attached hydrogen (secondary N) is 1. The van der Waals surface area contributed by atoms with Crippen LogP contribution in [-0.2, 0) is 0 Å². The van der Waals surface area contributed by atoms with E-state index in [1.807, 2.05) is 24.3 Å². The maximum Gasteiger partial charge on any atom is 0.0786 e. The molecule has 1 N–H and O–H groups in total. The van der Waals surface area contributed by atoms with Gasteiger partial charge in [0.25, 0.3) is 0 Å². The van der Waals surface area contributed by atoms with E-state index < -0.39 is 0 Å². The van der Waals surface area contributed by atoms with E-state index in [4.69, 9.17) is 23.2 Å². The van der Waals surface area contributed by atoms with E-state index in [1.165, 1.54) is 0 Å². The first-order valence-electron chi connectivity index (χ1n) is 3.90. The lowest BCUT2D eigenvalue weighted by atomic mass is 10.0. The molecule has 0 aliphatic carbocycles. The van der Waals surface area contributed by atoms with Gasteiger partial charge in [-0.2, -0.15) is 0 Å². The lowest BCUT2D eigenvalue weighted by Crippen LogP contribution is -2.25. The van der Waals surface area contributed by atoms with Crippen molar-refractivity contribution < 1.29 is 0 Å². The number of anilines is 1. The number of fused-ring (bicyclic) bond motifs is 1. The molecule has 1 aliphatic heterocycles. The van der Waals surface area contributed by atoms with Gasteiger partial charge in [0.2, 0.25) is 0 Å². The molecule has 12 heavy (non-hydrogen) atoms. The molecule has 0 spiro atoms. The zero-order valence-corrected chi connectivity index (χ0v) is 7.94. The van der Waals surface area contributed by atoms with Crippen LogP contribution in [0, 0.1) is 0 Å². The number of alkyl halides is 2. The zero-order valence-electron chi connectivity index (χ0n) is 6.43. The Morgan fingerprint density at radius 3 is 2.83 bits per heavy atom. The minimum atomic E-state index is -0.0656. The van der Waals surface area contributed by atoms with Gasteiger partial charge < -0.3 is 5.32 Å². The molecular formula is C9H9Cl2N. The van der Waals surface area contributed by atoms with Gasteiger partial charge in [0.1, 0.15) is 0 Å². The van der Waals surface area contributed by atoms with Crippen molar-refractivity contribution in [2.45, 2.75) is 10.8 Å². The average Bonchev–Trinajstić information content (AvgIpc) is 2.12. The summed E-state index contributed by atoms with van der Waals surface area (Å²) in [6.07, 6.45) is 0. The molecule has 1 aromatic rings. The fourth-order valence-corrected chi connectivity index (χ4v) is 1.90. The molecule has 1 nitrogen and oxygen atoms in total. The average molecular weight is 202 g/mol. The molecular weight excluding hydrogens is 193 g/mol. The van der Waals surface area contributed by atoms with Crippen LogP contribution in [0.15, 0.2) is 24.3 Å². The van der Waals surface area contributed by atoms with Crippen LogP contribution >= 0.6 is 23.2 Å². The highest BCUT2D eigenvalue weighted by molar-refractivity contribution is 6.30. The van der Waals surface area contributed by atoms with E-state index in [0.717, 1.165) is 17.8 Å². The second-order valence-electron chi connectivity index (χ2n) is 2.89. The van der Waals surface area contributed by atoms with Crippen molar-refractivity contribution in [3.8, 4) is 0 Å². The predicted molar refractivity (Wildman–Crippen MR) is 53.2 cm³/mol. The Morgan fingerprint density at radius 2 is 2.00 bits per heavy atom. The first kappa shape index (κ1) is 8.21. The van der Waals surface area contributed by atoms with Gasteiger partial charge in [0.05, 0.1) is 10.8 Å². The number of hydrogen-bond donors (Lipinski definition) is 1. The first-order valence-corrected chi connectivity index (χ1v) is 4.77. The fourth-order valence-electron chi connectivity index (χ4n) is 1.40. The normalized spacial score (nSPS) is 27.5. The van der Waals surface area contributed by atoms with E-state index in [0.29, 0.717) is 0 Å². The van der Waals surface area contributed by atoms with Gasteiger partial charge >= 0.3 is 0 Å². The van der Waals surface area contributed by atoms with Crippen molar-refractivity contribution in [2.24, 2.45) is 0 Å². The summed E-state index contributed by atoms with van der Waals surface area (Å²) in [5.41, 5.74) is 2.21. The van der Waals surface area contributed by atoms with Gasteiger partial charge in [-0.1, -0.05) is 18.2 Å². The summed E-state index contributed by atoms with van der Waals surface area (Å²) in [6, 6.07) is 8.00. The van der Waals surface area contributed by atoms with Crippen LogP contribution in [-0.4, -0.2) is 11.9 Å². The Bertz CT molecular complexity index is 288. The Labute approximate surface area is 81.7 Å². The van der Waals surface area contributed by atoms with Crippen molar-refractivity contribution >= 4 is 28.9 Å². The molecule has 1 aliphatic rings. The predicted octanol–water partition coefficient (Wildman–Crippen LogP) is 3.00. The van der Waals surface area contributed by atoms with Crippen LogP contribution in [0.3, 0.4) is 0 Å². The minimum Gasteiger partial charge on any atom is -0.383 e. The Kier molecular flexibility index (Phi) is 2.16. The van der Waals surface area contributed by atoms with Gasteiger partial charge in [-0.05, 0) is 11.6 Å². The summed E-state index contributed by atoms with van der Waals surface area (Å²) >= 11 is 12.1. The molecule has 0 aromatic heterocycles. The molecule has 2 unspecified atom stereocenters. The summed E-state index contributed by atoms with van der Waals surface area (Å²) in [7, 11) is 0. The fraction of sp³-hybridized carbons (Fsp3) is 0.333. The molecule has 0 radical (unpaired) electrons. The summed E-state index contributed by atoms with van der Waals surface area (Å²) in [5.74, 6) is 0. The third-order valence-electron chi connectivity index (χ3n) is 2.06. The van der Waals surface area contributed by atoms with Gasteiger partial charge in [0.15, 0.2) is 0 Å². The molecule has 64 valence electrons. The van der Waals surface area contributed by atoms with E-state index >= 15 is 0 Å². The second-order valence-corrected chi connectivity index (χ2v) is 3.92. The summed E-state index contributed by atoms with van der Waals surface area (Å²) in [6.45, 7) is 0.743. The quantitative estimate of drug-likeness (QED) is 0.637. The number of benzene rings is 1. The smallest absolute Gasteiger partial charge is 0.0786 e. The third kappa shape index (κ3) is 1.27. The molecule has 2 atom stereocenters. The Balaban J connectivity index is 2.42. The molecule has 1 heterocycles. The molecule has 0 amide bonds. The van der Waals surface area contributed by atoms with Crippen LogP contribution in [0.2, 0.25) is 0 Å². The topological polar surface area (TPSA) is 12.0 Å². The monoisotopic (exact) mass is 201 g/mol. The van der Waals surface area contributed by atoms with Crippen molar-refractivity contribution in [2.75, 3.05) is 11.9 Å². The lowest BCUT2D eigenvalue weighted by Gasteiger charge is -2.26. The SMILES string of the molecule is ClC1CNc2ccccc2C1Cl. The number of rotatable bonds is 0. The van der Waals surface area contributed by atoms with E-state index in [1.54, 1.807) is 0 Å². The highest BCUT2D eigenvalue weighted by Gasteiger charge is 2.25. The zero-order chi connectivity index (χ0) is 8.55. The number of para-hydroxylation sites is 1. The van der Waals surface area contributed by atoms with Crippen LogP contribution in [0.4, 0.5) is 5.69 Å². The summed E-state index contributed by atoms with van der Waals surface area (Å²) in [4.78, 5) is 0. The summed E-state index contributed by atoms with van der Waals surface area (Å²) in [5, 5.41) is 3.15. The number of halogens is 2. The standard InChI is InChI=1S/C9H9Cl2N/c10-7-5-12-8-4-2-1-3-6(8)9(7)11/h1-4,7,9,12H,5H2. The minimum absolute atomic E-state index is 0.0124. The van der Waals surface area contributed by atoms with Gasteiger partial charge in [-0.3, -0.25) is 0 Å². The van der Waals surface area contributed by atoms with Crippen LogP contribution < -0.4 is 5.32 Å².